The number of ether oxygens (including phenoxy) is 1. The van der Waals surface area contributed by atoms with E-state index in [1.165, 1.54) is 10.5 Å². The first-order chi connectivity index (χ1) is 14.0. The number of likely N-dealkylation sites (tertiary alicyclic amines) is 1. The lowest BCUT2D eigenvalue weighted by Crippen LogP contribution is -2.45. The Morgan fingerprint density at radius 2 is 1.97 bits per heavy atom. The fourth-order valence-corrected chi connectivity index (χ4v) is 3.75. The molecule has 2 aromatic carbocycles. The number of rotatable bonds is 7. The highest BCUT2D eigenvalue weighted by Gasteiger charge is 2.28. The van der Waals surface area contributed by atoms with Crippen LogP contribution in [0.25, 0.3) is 0 Å². The van der Waals surface area contributed by atoms with E-state index in [1.807, 2.05) is 30.3 Å². The van der Waals surface area contributed by atoms with Gasteiger partial charge in [0.05, 0.1) is 19.6 Å². The van der Waals surface area contributed by atoms with Gasteiger partial charge in [-0.3, -0.25) is 14.5 Å². The van der Waals surface area contributed by atoms with Crippen LogP contribution in [0.3, 0.4) is 0 Å². The Kier molecular flexibility index (Phi) is 7.25. The molecule has 1 aliphatic heterocycles. The third kappa shape index (κ3) is 6.06. The Labute approximate surface area is 172 Å². The van der Waals surface area contributed by atoms with Crippen LogP contribution < -0.4 is 10.1 Å². The summed E-state index contributed by atoms with van der Waals surface area (Å²) < 4.78 is 5.17. The lowest BCUT2D eigenvalue weighted by molar-refractivity contribution is -0.138. The maximum absolute atomic E-state index is 12.9. The van der Waals surface area contributed by atoms with Crippen LogP contribution in [-0.2, 0) is 16.1 Å². The second-order valence-electron chi connectivity index (χ2n) is 7.53. The zero-order valence-electron chi connectivity index (χ0n) is 17.1. The van der Waals surface area contributed by atoms with Crippen molar-refractivity contribution in [1.82, 2.24) is 9.80 Å². The third-order valence-electron chi connectivity index (χ3n) is 5.21. The second kappa shape index (κ2) is 10.1. The number of hydrogen-bond donors (Lipinski definition) is 1. The summed E-state index contributed by atoms with van der Waals surface area (Å²) in [6, 6.07) is 17.5. The Morgan fingerprint density at radius 1 is 1.17 bits per heavy atom. The van der Waals surface area contributed by atoms with Gasteiger partial charge in [-0.05, 0) is 37.1 Å². The standard InChI is InChI=1S/C23H29N3O3/c1-25(17-22(27)24-20-11-6-12-21(14-20)29-2)23(28)19-10-7-13-26(16-19)15-18-8-4-3-5-9-18/h3-6,8-9,11-12,14,19H,7,10,13,15-17H2,1-2H3,(H,24,27). The minimum Gasteiger partial charge on any atom is -0.497 e. The molecule has 1 unspecified atom stereocenters. The predicted octanol–water partition coefficient (Wildman–Crippen LogP) is 3.00. The monoisotopic (exact) mass is 395 g/mol. The van der Waals surface area contributed by atoms with E-state index < -0.39 is 0 Å². The van der Waals surface area contributed by atoms with E-state index >= 15 is 0 Å². The van der Waals surface area contributed by atoms with Gasteiger partial charge in [0.1, 0.15) is 5.75 Å². The average molecular weight is 396 g/mol. The summed E-state index contributed by atoms with van der Waals surface area (Å²) in [7, 11) is 3.28. The molecule has 0 radical (unpaired) electrons. The van der Waals surface area contributed by atoms with Crippen molar-refractivity contribution in [2.24, 2.45) is 5.92 Å². The van der Waals surface area contributed by atoms with E-state index in [0.29, 0.717) is 11.4 Å². The van der Waals surface area contributed by atoms with Crippen LogP contribution in [0.1, 0.15) is 18.4 Å². The SMILES string of the molecule is COc1cccc(NC(=O)CN(C)C(=O)C2CCCN(Cc3ccccc3)C2)c1. The van der Waals surface area contributed by atoms with Gasteiger partial charge in [-0.1, -0.05) is 36.4 Å². The van der Waals surface area contributed by atoms with Crippen molar-refractivity contribution in [3.8, 4) is 5.75 Å². The highest BCUT2D eigenvalue weighted by Crippen LogP contribution is 2.21. The fraction of sp³-hybridized carbons (Fsp3) is 0.391. The molecule has 2 amide bonds. The molecule has 6 heteroatoms. The summed E-state index contributed by atoms with van der Waals surface area (Å²) in [5.74, 6) is 0.421. The molecule has 1 fully saturated rings. The molecule has 1 atom stereocenters. The summed E-state index contributed by atoms with van der Waals surface area (Å²) >= 11 is 0. The molecule has 6 nitrogen and oxygen atoms in total. The average Bonchev–Trinajstić information content (AvgIpc) is 2.74. The van der Waals surface area contributed by atoms with Crippen molar-refractivity contribution in [3.05, 3.63) is 60.2 Å². The zero-order chi connectivity index (χ0) is 20.6. The molecular weight excluding hydrogens is 366 g/mol. The quantitative estimate of drug-likeness (QED) is 0.783. The van der Waals surface area contributed by atoms with Crippen molar-refractivity contribution < 1.29 is 14.3 Å². The predicted molar refractivity (Wildman–Crippen MR) is 114 cm³/mol. The van der Waals surface area contributed by atoms with E-state index in [0.717, 1.165) is 32.5 Å². The maximum Gasteiger partial charge on any atom is 0.243 e. The van der Waals surface area contributed by atoms with Crippen molar-refractivity contribution in [2.45, 2.75) is 19.4 Å². The van der Waals surface area contributed by atoms with E-state index in [1.54, 1.807) is 26.3 Å². The van der Waals surface area contributed by atoms with Gasteiger partial charge >= 0.3 is 0 Å². The van der Waals surface area contributed by atoms with Crippen LogP contribution in [0, 0.1) is 5.92 Å². The normalized spacial score (nSPS) is 16.8. The van der Waals surface area contributed by atoms with Crippen molar-refractivity contribution in [1.29, 1.82) is 0 Å². The summed E-state index contributed by atoms with van der Waals surface area (Å²) in [6.07, 6.45) is 1.86. The first-order valence-corrected chi connectivity index (χ1v) is 10.0. The van der Waals surface area contributed by atoms with E-state index in [-0.39, 0.29) is 24.3 Å². The molecule has 0 aromatic heterocycles. The molecule has 0 saturated carbocycles. The van der Waals surface area contributed by atoms with E-state index in [2.05, 4.69) is 22.3 Å². The lowest BCUT2D eigenvalue weighted by Gasteiger charge is -2.33. The number of carbonyl (C=O) groups excluding carboxylic acids is 2. The van der Waals surface area contributed by atoms with Gasteiger partial charge in [0.15, 0.2) is 0 Å². The topological polar surface area (TPSA) is 61.9 Å². The molecule has 0 aliphatic carbocycles. The number of hydrogen-bond acceptors (Lipinski definition) is 4. The molecule has 1 N–H and O–H groups in total. The molecule has 1 heterocycles. The van der Waals surface area contributed by atoms with Gasteiger partial charge in [0.25, 0.3) is 0 Å². The van der Waals surface area contributed by atoms with Crippen LogP contribution in [0.4, 0.5) is 5.69 Å². The minimum absolute atomic E-state index is 0.0311. The number of benzene rings is 2. The summed E-state index contributed by atoms with van der Waals surface area (Å²) in [6.45, 7) is 2.62. The van der Waals surface area contributed by atoms with E-state index in [4.69, 9.17) is 4.74 Å². The van der Waals surface area contributed by atoms with Gasteiger partial charge in [0.2, 0.25) is 11.8 Å². The number of carbonyl (C=O) groups is 2. The molecule has 2 aromatic rings. The van der Waals surface area contributed by atoms with Crippen LogP contribution >= 0.6 is 0 Å². The van der Waals surface area contributed by atoms with Gasteiger partial charge < -0.3 is 15.0 Å². The minimum atomic E-state index is -0.217. The molecule has 0 spiro atoms. The highest BCUT2D eigenvalue weighted by atomic mass is 16.5. The molecule has 0 bridgehead atoms. The molecule has 154 valence electrons. The lowest BCUT2D eigenvalue weighted by atomic mass is 9.96. The maximum atomic E-state index is 12.9. The fourth-order valence-electron chi connectivity index (χ4n) is 3.75. The number of anilines is 1. The van der Waals surface area contributed by atoms with Crippen LogP contribution in [-0.4, -0.2) is 55.4 Å². The number of piperidine rings is 1. The molecule has 1 aliphatic rings. The van der Waals surface area contributed by atoms with Crippen LogP contribution in [0.2, 0.25) is 0 Å². The number of nitrogens with one attached hydrogen (secondary N) is 1. The molecule has 1 saturated heterocycles. The largest absolute Gasteiger partial charge is 0.497 e. The third-order valence-corrected chi connectivity index (χ3v) is 5.21. The Morgan fingerprint density at radius 3 is 2.72 bits per heavy atom. The number of methoxy groups -OCH3 is 1. The highest BCUT2D eigenvalue weighted by molar-refractivity contribution is 5.94. The number of amides is 2. The molecule has 3 rings (SSSR count). The van der Waals surface area contributed by atoms with Crippen molar-refractivity contribution >= 4 is 17.5 Å². The smallest absolute Gasteiger partial charge is 0.243 e. The summed E-state index contributed by atoms with van der Waals surface area (Å²) in [5.41, 5.74) is 1.91. The van der Waals surface area contributed by atoms with Gasteiger partial charge in [0, 0.05) is 31.9 Å². The van der Waals surface area contributed by atoms with Gasteiger partial charge in [-0.15, -0.1) is 0 Å². The molecular formula is C23H29N3O3. The zero-order valence-corrected chi connectivity index (χ0v) is 17.1. The first-order valence-electron chi connectivity index (χ1n) is 10.0. The first kappa shape index (κ1) is 20.9. The summed E-state index contributed by atoms with van der Waals surface area (Å²) in [4.78, 5) is 29.1. The van der Waals surface area contributed by atoms with E-state index in [9.17, 15) is 9.59 Å². The van der Waals surface area contributed by atoms with Gasteiger partial charge in [-0.2, -0.15) is 0 Å². The second-order valence-corrected chi connectivity index (χ2v) is 7.53. The summed E-state index contributed by atoms with van der Waals surface area (Å²) in [5, 5.41) is 2.82. The van der Waals surface area contributed by atoms with Crippen molar-refractivity contribution in [3.63, 3.8) is 0 Å². The Bertz CT molecular complexity index is 825. The Balaban J connectivity index is 1.51. The Hall–Kier alpha value is -2.86. The molecule has 29 heavy (non-hydrogen) atoms. The number of likely N-dealkylation sites (N-methyl/N-ethyl adjacent to an activating group) is 1. The number of nitrogens with zero attached hydrogens (tertiary/aromatic N) is 2. The van der Waals surface area contributed by atoms with Crippen LogP contribution in [0.15, 0.2) is 54.6 Å². The van der Waals surface area contributed by atoms with Crippen LogP contribution in [0.5, 0.6) is 5.75 Å². The van der Waals surface area contributed by atoms with Gasteiger partial charge in [-0.25, -0.2) is 0 Å². The van der Waals surface area contributed by atoms with Crippen molar-refractivity contribution in [2.75, 3.05) is 39.1 Å².